The molecule has 1 fully saturated rings. The minimum Gasteiger partial charge on any atom is -0.355 e. The van der Waals surface area contributed by atoms with E-state index in [1.165, 1.54) is 0 Å². The van der Waals surface area contributed by atoms with E-state index in [1.54, 1.807) is 18.2 Å². The first-order valence-corrected chi connectivity index (χ1v) is 7.79. The number of hydrogen-bond donors (Lipinski definition) is 2. The fraction of sp³-hybridized carbons (Fsp3) is 0.375. The van der Waals surface area contributed by atoms with Gasteiger partial charge in [-0.15, -0.1) is 12.4 Å². The lowest BCUT2D eigenvalue weighted by Crippen LogP contribution is -2.39. The highest BCUT2D eigenvalue weighted by Crippen LogP contribution is 2.26. The van der Waals surface area contributed by atoms with Gasteiger partial charge in [0.05, 0.1) is 0 Å². The van der Waals surface area contributed by atoms with E-state index in [0.29, 0.717) is 23.2 Å². The van der Waals surface area contributed by atoms with Gasteiger partial charge in [-0.2, -0.15) is 0 Å². The minimum atomic E-state index is -0.214. The molecule has 0 aliphatic heterocycles. The zero-order valence-corrected chi connectivity index (χ0v) is 14.1. The van der Waals surface area contributed by atoms with Gasteiger partial charge >= 0.3 is 0 Å². The zero-order valence-electron chi connectivity index (χ0n) is 12.5. The second kappa shape index (κ2) is 7.81. The quantitative estimate of drug-likeness (QED) is 0.881. The smallest absolute Gasteiger partial charge is 0.273 e. The Balaban J connectivity index is 0.00000192. The number of amides is 1. The monoisotopic (exact) mass is 355 g/mol. The van der Waals surface area contributed by atoms with E-state index in [1.807, 2.05) is 12.1 Å². The lowest BCUT2D eigenvalue weighted by molar-refractivity contribution is 0.0919. The summed E-state index contributed by atoms with van der Waals surface area (Å²) in [6.07, 6.45) is 3.13. The molecule has 23 heavy (non-hydrogen) atoms. The van der Waals surface area contributed by atoms with Crippen LogP contribution in [0.15, 0.2) is 34.9 Å². The number of benzene rings is 1. The predicted octanol–water partition coefficient (Wildman–Crippen LogP) is 3.27. The van der Waals surface area contributed by atoms with Gasteiger partial charge in [-0.1, -0.05) is 23.2 Å². The molecule has 5 nitrogen and oxygen atoms in total. The number of carbonyl (C=O) groups excluding carboxylic acids is 1. The van der Waals surface area contributed by atoms with E-state index >= 15 is 0 Å². The summed E-state index contributed by atoms with van der Waals surface area (Å²) in [5.74, 6) is 0.685. The van der Waals surface area contributed by atoms with E-state index < -0.39 is 0 Å². The van der Waals surface area contributed by atoms with E-state index in [2.05, 4.69) is 10.5 Å². The van der Waals surface area contributed by atoms with Gasteiger partial charge in [-0.3, -0.25) is 4.79 Å². The van der Waals surface area contributed by atoms with Crippen LogP contribution in [0.3, 0.4) is 0 Å². The van der Waals surface area contributed by atoms with E-state index in [4.69, 9.17) is 21.9 Å². The number of nitrogens with one attached hydrogen (secondary N) is 1. The molecule has 124 valence electrons. The summed E-state index contributed by atoms with van der Waals surface area (Å²) in [6, 6.07) is 8.96. The van der Waals surface area contributed by atoms with Crippen LogP contribution < -0.4 is 11.1 Å². The van der Waals surface area contributed by atoms with Crippen LogP contribution in [0.4, 0.5) is 0 Å². The molecule has 1 aliphatic carbocycles. The molecule has 1 saturated carbocycles. The van der Waals surface area contributed by atoms with Crippen molar-refractivity contribution in [2.75, 3.05) is 6.54 Å². The molecule has 1 aromatic carbocycles. The average Bonchev–Trinajstić information content (AvgIpc) is 3.16. The summed E-state index contributed by atoms with van der Waals surface area (Å²) in [5, 5.41) is 7.51. The molecule has 2 unspecified atom stereocenters. The summed E-state index contributed by atoms with van der Waals surface area (Å²) < 4.78 is 5.25. The molecule has 0 bridgehead atoms. The van der Waals surface area contributed by atoms with Crippen molar-refractivity contribution >= 4 is 29.9 Å². The lowest BCUT2D eigenvalue weighted by Gasteiger charge is -2.18. The number of nitrogens with zero attached hydrogens (tertiary/aromatic N) is 1. The Morgan fingerprint density at radius 2 is 2.09 bits per heavy atom. The van der Waals surface area contributed by atoms with Crippen molar-refractivity contribution in [3.8, 4) is 11.3 Å². The summed E-state index contributed by atoms with van der Waals surface area (Å²) in [5.41, 5.74) is 6.85. The van der Waals surface area contributed by atoms with Crippen LogP contribution in [0.1, 0.15) is 29.8 Å². The Kier molecular flexibility index (Phi) is 6.04. The summed E-state index contributed by atoms with van der Waals surface area (Å²) in [7, 11) is 0. The first-order chi connectivity index (χ1) is 10.7. The van der Waals surface area contributed by atoms with Crippen molar-refractivity contribution in [2.24, 2.45) is 11.7 Å². The van der Waals surface area contributed by atoms with Crippen molar-refractivity contribution < 1.29 is 9.32 Å². The molecule has 3 rings (SSSR count). The second-order valence-electron chi connectivity index (χ2n) is 5.59. The predicted molar refractivity (Wildman–Crippen MR) is 91.8 cm³/mol. The fourth-order valence-electron chi connectivity index (χ4n) is 2.88. The average molecular weight is 356 g/mol. The third-order valence-electron chi connectivity index (χ3n) is 4.15. The van der Waals surface area contributed by atoms with Crippen molar-refractivity contribution in [2.45, 2.75) is 25.3 Å². The Hall–Kier alpha value is -1.56. The van der Waals surface area contributed by atoms with Crippen LogP contribution in [0.5, 0.6) is 0 Å². The Morgan fingerprint density at radius 1 is 1.35 bits per heavy atom. The van der Waals surface area contributed by atoms with Gasteiger partial charge in [-0.05, 0) is 49.6 Å². The maximum absolute atomic E-state index is 12.3. The highest BCUT2D eigenvalue weighted by atomic mass is 35.5. The second-order valence-corrected chi connectivity index (χ2v) is 6.03. The van der Waals surface area contributed by atoms with Crippen molar-refractivity contribution in [1.82, 2.24) is 10.5 Å². The summed E-state index contributed by atoms with van der Waals surface area (Å²) in [4.78, 5) is 12.3. The standard InChI is InChI=1S/C16H18ClN3O2.ClH/c17-12-6-4-10(5-7-12)15-8-14(20-22-15)16(21)19-13-3-1-2-11(13)9-18;/h4-8,11,13H,1-3,9,18H2,(H,19,21);1H. The number of carbonyl (C=O) groups is 1. The Labute approximate surface area is 146 Å². The van der Waals surface area contributed by atoms with Crippen LogP contribution in [0.25, 0.3) is 11.3 Å². The number of halogens is 2. The van der Waals surface area contributed by atoms with Crippen LogP contribution in [-0.4, -0.2) is 23.7 Å². The number of rotatable bonds is 4. The zero-order chi connectivity index (χ0) is 15.5. The fourth-order valence-corrected chi connectivity index (χ4v) is 3.01. The molecule has 2 atom stereocenters. The number of hydrogen-bond acceptors (Lipinski definition) is 4. The van der Waals surface area contributed by atoms with Gasteiger partial charge < -0.3 is 15.6 Å². The van der Waals surface area contributed by atoms with Gasteiger partial charge in [0, 0.05) is 22.7 Å². The Morgan fingerprint density at radius 3 is 2.78 bits per heavy atom. The molecular formula is C16H19Cl2N3O2. The molecule has 3 N–H and O–H groups in total. The molecule has 1 amide bonds. The minimum absolute atomic E-state index is 0. The maximum atomic E-state index is 12.3. The van der Waals surface area contributed by atoms with Crippen molar-refractivity contribution in [3.05, 3.63) is 41.0 Å². The molecule has 1 heterocycles. The normalized spacial score (nSPS) is 20.1. The molecule has 0 spiro atoms. The summed E-state index contributed by atoms with van der Waals surface area (Å²) in [6.45, 7) is 0.597. The lowest BCUT2D eigenvalue weighted by atomic mass is 10.0. The highest BCUT2D eigenvalue weighted by molar-refractivity contribution is 6.30. The third kappa shape index (κ3) is 4.05. The summed E-state index contributed by atoms with van der Waals surface area (Å²) >= 11 is 5.86. The van der Waals surface area contributed by atoms with Crippen LogP contribution in [0, 0.1) is 5.92 Å². The van der Waals surface area contributed by atoms with Crippen LogP contribution in [-0.2, 0) is 0 Å². The van der Waals surface area contributed by atoms with Gasteiger partial charge in [0.25, 0.3) is 5.91 Å². The topological polar surface area (TPSA) is 81.1 Å². The van der Waals surface area contributed by atoms with Gasteiger partial charge in [0.15, 0.2) is 11.5 Å². The molecule has 7 heteroatoms. The van der Waals surface area contributed by atoms with Crippen molar-refractivity contribution in [1.29, 1.82) is 0 Å². The van der Waals surface area contributed by atoms with E-state index in [9.17, 15) is 4.79 Å². The molecule has 1 aromatic heterocycles. The van der Waals surface area contributed by atoms with Gasteiger partial charge in [-0.25, -0.2) is 0 Å². The highest BCUT2D eigenvalue weighted by Gasteiger charge is 2.28. The number of aromatic nitrogens is 1. The molecule has 0 saturated heterocycles. The molecule has 1 aliphatic rings. The first kappa shape index (κ1) is 17.8. The molecule has 2 aromatic rings. The van der Waals surface area contributed by atoms with Crippen LogP contribution >= 0.6 is 24.0 Å². The molecular weight excluding hydrogens is 337 g/mol. The first-order valence-electron chi connectivity index (χ1n) is 7.41. The van der Waals surface area contributed by atoms with Crippen molar-refractivity contribution in [3.63, 3.8) is 0 Å². The molecule has 0 radical (unpaired) electrons. The SMILES string of the molecule is Cl.NCC1CCCC1NC(=O)c1cc(-c2ccc(Cl)cc2)on1. The largest absolute Gasteiger partial charge is 0.355 e. The van der Waals surface area contributed by atoms with Crippen LogP contribution in [0.2, 0.25) is 5.02 Å². The van der Waals surface area contributed by atoms with Gasteiger partial charge in [0.1, 0.15) is 0 Å². The number of nitrogens with two attached hydrogens (primary N) is 1. The van der Waals surface area contributed by atoms with Gasteiger partial charge in [0.2, 0.25) is 0 Å². The van der Waals surface area contributed by atoms with E-state index in [-0.39, 0.29) is 30.0 Å². The van der Waals surface area contributed by atoms with E-state index in [0.717, 1.165) is 24.8 Å². The third-order valence-corrected chi connectivity index (χ3v) is 4.40. The maximum Gasteiger partial charge on any atom is 0.273 e. The Bertz CT molecular complexity index is 658.